The van der Waals surface area contributed by atoms with Crippen LogP contribution in [0.1, 0.15) is 41.2 Å². The molecule has 0 aromatic heterocycles. The van der Waals surface area contributed by atoms with E-state index in [9.17, 15) is 9.90 Å². The number of esters is 1. The van der Waals surface area contributed by atoms with Crippen molar-refractivity contribution in [3.05, 3.63) is 50.0 Å². The van der Waals surface area contributed by atoms with Gasteiger partial charge in [0, 0.05) is 22.6 Å². The van der Waals surface area contributed by atoms with Gasteiger partial charge in [-0.15, -0.1) is 0 Å². The van der Waals surface area contributed by atoms with Crippen LogP contribution in [0.4, 0.5) is 0 Å². The number of phenols is 1. The summed E-state index contributed by atoms with van der Waals surface area (Å²) in [6.45, 7) is 7.14. The van der Waals surface area contributed by atoms with E-state index in [0.717, 1.165) is 16.7 Å². The number of benzene rings is 2. The number of fused-ring (bicyclic) bond motifs is 1. The van der Waals surface area contributed by atoms with Gasteiger partial charge < -0.3 is 20.3 Å². The van der Waals surface area contributed by atoms with Crippen LogP contribution in [0.5, 0.6) is 17.2 Å². The number of guanidine groups is 1. The quantitative estimate of drug-likeness (QED) is 0.172. The molecule has 0 saturated carbocycles. The first-order chi connectivity index (χ1) is 14.9. The fourth-order valence-electron chi connectivity index (χ4n) is 3.55. The van der Waals surface area contributed by atoms with E-state index in [1.807, 2.05) is 13.8 Å². The SMILES string of the molecule is Cc1c(C)c2c(c(C)c1O)CCC(C)(C(=O)Oc1c(Cl)cc(Cl)cc1C=NNC(=N)N)O2. The molecule has 0 radical (unpaired) electrons. The van der Waals surface area contributed by atoms with Gasteiger partial charge in [0.2, 0.25) is 11.6 Å². The topological polar surface area (TPSA) is 130 Å². The number of ether oxygens (including phenoxy) is 2. The van der Waals surface area contributed by atoms with Crippen molar-refractivity contribution >= 4 is 41.3 Å². The summed E-state index contributed by atoms with van der Waals surface area (Å²) >= 11 is 12.4. The fraction of sp³-hybridized carbons (Fsp3) is 0.318. The van der Waals surface area contributed by atoms with Gasteiger partial charge in [0.1, 0.15) is 11.5 Å². The van der Waals surface area contributed by atoms with Crippen LogP contribution in [-0.2, 0) is 11.2 Å². The summed E-state index contributed by atoms with van der Waals surface area (Å²) in [7, 11) is 0. The lowest BCUT2D eigenvalue weighted by Gasteiger charge is -2.36. The lowest BCUT2D eigenvalue weighted by atomic mass is 9.87. The third kappa shape index (κ3) is 4.47. The highest BCUT2D eigenvalue weighted by Crippen LogP contribution is 2.44. The van der Waals surface area contributed by atoms with Crippen LogP contribution in [0.3, 0.4) is 0 Å². The summed E-state index contributed by atoms with van der Waals surface area (Å²) in [6, 6.07) is 2.96. The molecule has 0 spiro atoms. The van der Waals surface area contributed by atoms with Crippen LogP contribution in [0, 0.1) is 26.2 Å². The molecule has 0 amide bonds. The van der Waals surface area contributed by atoms with Crippen molar-refractivity contribution in [2.24, 2.45) is 10.8 Å². The Morgan fingerprint density at radius 3 is 2.66 bits per heavy atom. The van der Waals surface area contributed by atoms with E-state index in [1.54, 1.807) is 13.8 Å². The summed E-state index contributed by atoms with van der Waals surface area (Å²) in [4.78, 5) is 13.2. The second-order valence-electron chi connectivity index (χ2n) is 7.84. The van der Waals surface area contributed by atoms with Gasteiger partial charge in [-0.3, -0.25) is 5.41 Å². The predicted octanol–water partition coefficient (Wildman–Crippen LogP) is 4.13. The molecule has 2 aromatic carbocycles. The van der Waals surface area contributed by atoms with Crippen LogP contribution in [0.2, 0.25) is 10.0 Å². The minimum Gasteiger partial charge on any atom is -0.507 e. The number of hydrogen-bond donors (Lipinski definition) is 4. The molecule has 0 fully saturated rings. The lowest BCUT2D eigenvalue weighted by molar-refractivity contribution is -0.152. The van der Waals surface area contributed by atoms with Crippen LogP contribution < -0.4 is 20.6 Å². The number of carbonyl (C=O) groups is 1. The number of phenolic OH excluding ortho intramolecular Hbond substituents is 1. The Hall–Kier alpha value is -2.97. The Bertz CT molecular complexity index is 1150. The third-order valence-electron chi connectivity index (χ3n) is 5.57. The smallest absolute Gasteiger partial charge is 0.355 e. The van der Waals surface area contributed by atoms with Crippen molar-refractivity contribution in [2.75, 3.05) is 0 Å². The fourth-order valence-corrected chi connectivity index (χ4v) is 4.10. The second-order valence-corrected chi connectivity index (χ2v) is 8.69. The highest BCUT2D eigenvalue weighted by Gasteiger charge is 2.43. The molecule has 1 atom stereocenters. The molecule has 10 heteroatoms. The van der Waals surface area contributed by atoms with Crippen LogP contribution in [0.25, 0.3) is 0 Å². The first-order valence-electron chi connectivity index (χ1n) is 9.79. The normalized spacial score (nSPS) is 17.6. The molecule has 170 valence electrons. The molecule has 5 N–H and O–H groups in total. The summed E-state index contributed by atoms with van der Waals surface area (Å²) in [5, 5.41) is 21.8. The van der Waals surface area contributed by atoms with Gasteiger partial charge in [0.15, 0.2) is 5.75 Å². The Kier molecular flexibility index (Phi) is 6.57. The van der Waals surface area contributed by atoms with Crippen molar-refractivity contribution in [1.82, 2.24) is 5.43 Å². The predicted molar refractivity (Wildman–Crippen MR) is 124 cm³/mol. The van der Waals surface area contributed by atoms with Crippen LogP contribution in [-0.4, -0.2) is 28.9 Å². The van der Waals surface area contributed by atoms with Crippen molar-refractivity contribution < 1.29 is 19.4 Å². The van der Waals surface area contributed by atoms with Crippen molar-refractivity contribution in [1.29, 1.82) is 5.41 Å². The zero-order valence-electron chi connectivity index (χ0n) is 18.1. The third-order valence-corrected chi connectivity index (χ3v) is 6.07. The molecule has 2 aromatic rings. The molecule has 0 aliphatic carbocycles. The maximum Gasteiger partial charge on any atom is 0.355 e. The maximum atomic E-state index is 13.2. The number of hydrogen-bond acceptors (Lipinski definition) is 6. The highest BCUT2D eigenvalue weighted by molar-refractivity contribution is 6.36. The van der Waals surface area contributed by atoms with E-state index in [0.29, 0.717) is 34.7 Å². The van der Waals surface area contributed by atoms with E-state index in [-0.39, 0.29) is 22.5 Å². The standard InChI is InChI=1S/C22H24Cl2N4O4/c1-10-11(2)18-15(12(3)17(10)29)5-6-22(4,32-18)20(30)31-19-13(9-27-28-21(25)26)7-14(23)8-16(19)24/h7-9,29H,5-6H2,1-4H3,(H4,25,26,28). The summed E-state index contributed by atoms with van der Waals surface area (Å²) in [5.41, 5.74) is 9.64. The molecule has 3 rings (SSSR count). The molecule has 1 aliphatic rings. The zero-order valence-corrected chi connectivity index (χ0v) is 19.6. The van der Waals surface area contributed by atoms with Crippen molar-refractivity contribution in [3.63, 3.8) is 0 Å². The lowest BCUT2D eigenvalue weighted by Crippen LogP contribution is -2.47. The Morgan fingerprint density at radius 1 is 1.31 bits per heavy atom. The Balaban J connectivity index is 1.93. The average molecular weight is 479 g/mol. The van der Waals surface area contributed by atoms with Gasteiger partial charge in [0.25, 0.3) is 0 Å². The zero-order chi connectivity index (χ0) is 23.8. The summed E-state index contributed by atoms with van der Waals surface area (Å²) in [6.07, 6.45) is 2.18. The second kappa shape index (κ2) is 8.88. The van der Waals surface area contributed by atoms with E-state index < -0.39 is 11.6 Å². The van der Waals surface area contributed by atoms with Crippen molar-refractivity contribution in [2.45, 2.75) is 46.1 Å². The molecule has 0 bridgehead atoms. The van der Waals surface area contributed by atoms with Gasteiger partial charge in [-0.25, -0.2) is 10.2 Å². The number of halogens is 2. The number of nitrogens with two attached hydrogens (primary N) is 1. The van der Waals surface area contributed by atoms with E-state index >= 15 is 0 Å². The minimum atomic E-state index is -1.28. The highest BCUT2D eigenvalue weighted by atomic mass is 35.5. The van der Waals surface area contributed by atoms with Gasteiger partial charge in [-0.05, 0) is 62.9 Å². The molecular weight excluding hydrogens is 455 g/mol. The Labute approximate surface area is 195 Å². The van der Waals surface area contributed by atoms with Gasteiger partial charge in [0.05, 0.1) is 11.2 Å². The molecule has 8 nitrogen and oxygen atoms in total. The summed E-state index contributed by atoms with van der Waals surface area (Å²) in [5.74, 6) is -0.114. The van der Waals surface area contributed by atoms with Crippen LogP contribution in [0.15, 0.2) is 17.2 Å². The molecule has 1 unspecified atom stereocenters. The van der Waals surface area contributed by atoms with Gasteiger partial charge in [-0.1, -0.05) is 23.2 Å². The molecule has 1 aliphatic heterocycles. The van der Waals surface area contributed by atoms with Gasteiger partial charge >= 0.3 is 5.97 Å². The maximum absolute atomic E-state index is 13.2. The summed E-state index contributed by atoms with van der Waals surface area (Å²) < 4.78 is 11.8. The van der Waals surface area contributed by atoms with Gasteiger partial charge in [-0.2, -0.15) is 5.10 Å². The minimum absolute atomic E-state index is 0.0561. The largest absolute Gasteiger partial charge is 0.507 e. The van der Waals surface area contributed by atoms with Crippen LogP contribution >= 0.6 is 23.2 Å². The van der Waals surface area contributed by atoms with Crippen molar-refractivity contribution in [3.8, 4) is 17.2 Å². The number of carbonyl (C=O) groups excluding carboxylic acids is 1. The first-order valence-corrected chi connectivity index (χ1v) is 10.5. The number of nitrogens with one attached hydrogen (secondary N) is 2. The van der Waals surface area contributed by atoms with E-state index in [2.05, 4.69) is 10.5 Å². The number of hydrazone groups is 1. The molecule has 1 heterocycles. The molecular formula is C22H24Cl2N4O4. The average Bonchev–Trinajstić information content (AvgIpc) is 2.72. The monoisotopic (exact) mass is 478 g/mol. The first kappa shape index (κ1) is 23.7. The number of nitrogens with zero attached hydrogens (tertiary/aromatic N) is 1. The molecule has 0 saturated heterocycles. The number of rotatable bonds is 4. The molecule has 32 heavy (non-hydrogen) atoms. The van der Waals surface area contributed by atoms with E-state index in [4.69, 9.17) is 43.8 Å². The van der Waals surface area contributed by atoms with E-state index in [1.165, 1.54) is 18.3 Å². The number of aromatic hydroxyl groups is 1. The Morgan fingerprint density at radius 2 is 2.00 bits per heavy atom.